The van der Waals surface area contributed by atoms with Crippen LogP contribution in [0, 0.1) is 11.3 Å². The van der Waals surface area contributed by atoms with Crippen molar-refractivity contribution >= 4 is 16.9 Å². The molecule has 0 aliphatic heterocycles. The van der Waals surface area contributed by atoms with Crippen molar-refractivity contribution in [3.63, 3.8) is 0 Å². The lowest BCUT2D eigenvalue weighted by molar-refractivity contribution is -0.107. The van der Waals surface area contributed by atoms with Gasteiger partial charge in [-0.25, -0.2) is 0 Å². The SMILES string of the molecule is CCSC(=O)/C(C#N)=C(/C)NC. The molecule has 0 atom stereocenters. The molecule has 0 aliphatic carbocycles. The van der Waals surface area contributed by atoms with Gasteiger partial charge in [-0.05, 0) is 12.7 Å². The first-order valence-corrected chi connectivity index (χ1v) is 4.61. The zero-order valence-corrected chi connectivity index (χ0v) is 8.29. The fraction of sp³-hybridized carbons (Fsp3) is 0.500. The van der Waals surface area contributed by atoms with Crippen LogP contribution in [0.4, 0.5) is 0 Å². The van der Waals surface area contributed by atoms with Gasteiger partial charge in [-0.1, -0.05) is 18.7 Å². The Balaban J connectivity index is 4.59. The van der Waals surface area contributed by atoms with E-state index in [2.05, 4.69) is 5.32 Å². The number of rotatable bonds is 3. The molecule has 0 saturated heterocycles. The molecule has 0 aromatic carbocycles. The number of carbonyl (C=O) groups excluding carboxylic acids is 1. The first-order valence-electron chi connectivity index (χ1n) is 3.63. The summed E-state index contributed by atoms with van der Waals surface area (Å²) in [6.45, 7) is 3.60. The summed E-state index contributed by atoms with van der Waals surface area (Å²) in [6, 6.07) is 1.88. The standard InChI is InChI=1S/C8H12N2OS/c1-4-12-8(11)7(5-9)6(2)10-3/h10H,4H2,1-3H3/b7-6-. The molecule has 0 bridgehead atoms. The molecule has 0 spiro atoms. The molecule has 0 unspecified atom stereocenters. The van der Waals surface area contributed by atoms with E-state index in [1.54, 1.807) is 14.0 Å². The highest BCUT2D eigenvalue weighted by atomic mass is 32.2. The van der Waals surface area contributed by atoms with Crippen LogP contribution in [0.25, 0.3) is 0 Å². The molecule has 0 saturated carbocycles. The molecule has 4 heteroatoms. The minimum Gasteiger partial charge on any atom is -0.390 e. The number of nitriles is 1. The summed E-state index contributed by atoms with van der Waals surface area (Å²) in [5.74, 6) is 0.695. The van der Waals surface area contributed by atoms with Gasteiger partial charge in [0.25, 0.3) is 0 Å². The molecule has 0 radical (unpaired) electrons. The number of allylic oxidation sites excluding steroid dienone is 1. The van der Waals surface area contributed by atoms with Gasteiger partial charge in [-0.3, -0.25) is 4.79 Å². The fourth-order valence-electron chi connectivity index (χ4n) is 0.611. The number of carbonyl (C=O) groups is 1. The molecular formula is C8H12N2OS. The van der Waals surface area contributed by atoms with E-state index in [1.807, 2.05) is 13.0 Å². The van der Waals surface area contributed by atoms with Crippen molar-refractivity contribution in [3.8, 4) is 6.07 Å². The third-order valence-electron chi connectivity index (χ3n) is 1.34. The topological polar surface area (TPSA) is 52.9 Å². The fourth-order valence-corrected chi connectivity index (χ4v) is 1.22. The van der Waals surface area contributed by atoms with Crippen LogP contribution < -0.4 is 5.32 Å². The Morgan fingerprint density at radius 2 is 2.25 bits per heavy atom. The second kappa shape index (κ2) is 5.67. The average Bonchev–Trinajstić information content (AvgIpc) is 2.06. The molecule has 0 aromatic rings. The third kappa shape index (κ3) is 2.97. The van der Waals surface area contributed by atoms with Crippen LogP contribution >= 0.6 is 11.8 Å². The summed E-state index contributed by atoms with van der Waals surface area (Å²) in [6.07, 6.45) is 0. The van der Waals surface area contributed by atoms with Crippen LogP contribution in [0.2, 0.25) is 0 Å². The van der Waals surface area contributed by atoms with Gasteiger partial charge in [0, 0.05) is 12.7 Å². The number of nitrogens with zero attached hydrogens (tertiary/aromatic N) is 1. The van der Waals surface area contributed by atoms with Gasteiger partial charge in [0.15, 0.2) is 0 Å². The van der Waals surface area contributed by atoms with Gasteiger partial charge in [0.1, 0.15) is 11.6 Å². The van der Waals surface area contributed by atoms with E-state index >= 15 is 0 Å². The zero-order chi connectivity index (χ0) is 9.56. The van der Waals surface area contributed by atoms with Crippen LogP contribution in [0.1, 0.15) is 13.8 Å². The summed E-state index contributed by atoms with van der Waals surface area (Å²) in [5, 5.41) is 11.3. The molecule has 3 nitrogen and oxygen atoms in total. The van der Waals surface area contributed by atoms with E-state index in [9.17, 15) is 4.79 Å². The smallest absolute Gasteiger partial charge is 0.231 e. The normalized spacial score (nSPS) is 11.5. The van der Waals surface area contributed by atoms with Gasteiger partial charge in [-0.2, -0.15) is 5.26 Å². The number of hydrogen-bond donors (Lipinski definition) is 1. The monoisotopic (exact) mass is 184 g/mol. The van der Waals surface area contributed by atoms with E-state index in [1.165, 1.54) is 0 Å². The van der Waals surface area contributed by atoms with Crippen molar-refractivity contribution in [1.29, 1.82) is 5.26 Å². The first-order chi connectivity index (χ1) is 5.67. The molecule has 0 aliphatic rings. The lowest BCUT2D eigenvalue weighted by Crippen LogP contribution is -2.09. The highest BCUT2D eigenvalue weighted by molar-refractivity contribution is 8.14. The second-order valence-corrected chi connectivity index (χ2v) is 3.32. The minimum absolute atomic E-state index is 0.160. The largest absolute Gasteiger partial charge is 0.390 e. The molecule has 0 rings (SSSR count). The van der Waals surface area contributed by atoms with Crippen molar-refractivity contribution in [3.05, 3.63) is 11.3 Å². The Morgan fingerprint density at radius 1 is 1.67 bits per heavy atom. The lowest BCUT2D eigenvalue weighted by atomic mass is 10.2. The molecule has 0 heterocycles. The molecular weight excluding hydrogens is 172 g/mol. The maximum Gasteiger partial charge on any atom is 0.231 e. The van der Waals surface area contributed by atoms with Gasteiger partial charge in [-0.15, -0.1) is 0 Å². The van der Waals surface area contributed by atoms with E-state index in [4.69, 9.17) is 5.26 Å². The van der Waals surface area contributed by atoms with E-state index in [-0.39, 0.29) is 10.7 Å². The predicted octanol–water partition coefficient (Wildman–Crippen LogP) is 1.28. The first kappa shape index (κ1) is 11.1. The van der Waals surface area contributed by atoms with Gasteiger partial charge in [0.05, 0.1) is 0 Å². The van der Waals surface area contributed by atoms with E-state index < -0.39 is 0 Å². The van der Waals surface area contributed by atoms with Crippen molar-refractivity contribution in [1.82, 2.24) is 5.32 Å². The Morgan fingerprint density at radius 3 is 2.58 bits per heavy atom. The van der Waals surface area contributed by atoms with Crippen molar-refractivity contribution in [2.45, 2.75) is 13.8 Å². The molecule has 12 heavy (non-hydrogen) atoms. The zero-order valence-electron chi connectivity index (χ0n) is 7.47. The average molecular weight is 184 g/mol. The highest BCUT2D eigenvalue weighted by Crippen LogP contribution is 2.11. The van der Waals surface area contributed by atoms with Gasteiger partial charge in [0.2, 0.25) is 5.12 Å². The summed E-state index contributed by atoms with van der Waals surface area (Å²) in [5.41, 5.74) is 0.841. The molecule has 66 valence electrons. The second-order valence-electron chi connectivity index (χ2n) is 2.08. The summed E-state index contributed by atoms with van der Waals surface area (Å²) >= 11 is 1.15. The van der Waals surface area contributed by atoms with Crippen molar-refractivity contribution in [2.75, 3.05) is 12.8 Å². The summed E-state index contributed by atoms with van der Waals surface area (Å²) < 4.78 is 0. The molecule has 0 aromatic heterocycles. The Kier molecular flexibility index (Phi) is 5.22. The Hall–Kier alpha value is -0.950. The maximum atomic E-state index is 11.2. The van der Waals surface area contributed by atoms with Crippen LogP contribution in [0.5, 0.6) is 0 Å². The van der Waals surface area contributed by atoms with E-state index in [0.29, 0.717) is 11.4 Å². The third-order valence-corrected chi connectivity index (χ3v) is 2.10. The maximum absolute atomic E-state index is 11.2. The van der Waals surface area contributed by atoms with Crippen molar-refractivity contribution in [2.24, 2.45) is 0 Å². The number of nitrogens with one attached hydrogen (secondary N) is 1. The van der Waals surface area contributed by atoms with Gasteiger partial charge < -0.3 is 5.32 Å². The quantitative estimate of drug-likeness (QED) is 0.530. The summed E-state index contributed by atoms with van der Waals surface area (Å²) in [4.78, 5) is 11.2. The van der Waals surface area contributed by atoms with Crippen LogP contribution in [-0.4, -0.2) is 17.9 Å². The van der Waals surface area contributed by atoms with E-state index in [0.717, 1.165) is 11.8 Å². The molecule has 1 N–H and O–H groups in total. The van der Waals surface area contributed by atoms with Crippen LogP contribution in [0.3, 0.4) is 0 Å². The lowest BCUT2D eigenvalue weighted by Gasteiger charge is -2.01. The molecule has 0 amide bonds. The van der Waals surface area contributed by atoms with Crippen molar-refractivity contribution < 1.29 is 4.79 Å². The summed E-state index contributed by atoms with van der Waals surface area (Å²) in [7, 11) is 1.69. The Bertz CT molecular complexity index is 240. The number of thioether (sulfide) groups is 1. The predicted molar refractivity (Wildman–Crippen MR) is 50.5 cm³/mol. The highest BCUT2D eigenvalue weighted by Gasteiger charge is 2.10. The van der Waals surface area contributed by atoms with Crippen LogP contribution in [-0.2, 0) is 4.79 Å². The minimum atomic E-state index is -0.160. The number of hydrogen-bond acceptors (Lipinski definition) is 4. The molecule has 0 fully saturated rings. The van der Waals surface area contributed by atoms with Crippen LogP contribution in [0.15, 0.2) is 11.3 Å². The Labute approximate surface area is 76.8 Å². The van der Waals surface area contributed by atoms with Gasteiger partial charge >= 0.3 is 0 Å².